The number of rotatable bonds is 15. The van der Waals surface area contributed by atoms with Crippen molar-refractivity contribution in [2.45, 2.75) is 89.9 Å². The van der Waals surface area contributed by atoms with E-state index in [0.29, 0.717) is 0 Å². The first-order valence-corrected chi connectivity index (χ1v) is 17.7. The van der Waals surface area contributed by atoms with Crippen molar-refractivity contribution in [3.63, 3.8) is 0 Å². The highest BCUT2D eigenvalue weighted by Gasteiger charge is 2.26. The standard InChI is InChI=1S/C18H42S2Si2/c1-7-21(8-2,9-3)17-15-19-13-14-20-16-18-22(10-4,11-5)12-6/h7-18H2,1-6H3. The van der Waals surface area contributed by atoms with Gasteiger partial charge in [-0.2, -0.15) is 23.5 Å². The van der Waals surface area contributed by atoms with Gasteiger partial charge in [-0.05, 0) is 23.6 Å². The molecule has 0 aromatic heterocycles. The molecule has 0 radical (unpaired) electrons. The molecule has 0 spiro atoms. The van der Waals surface area contributed by atoms with E-state index in [1.807, 2.05) is 0 Å². The molecule has 0 bridgehead atoms. The highest BCUT2D eigenvalue weighted by Crippen LogP contribution is 2.28. The van der Waals surface area contributed by atoms with Crippen molar-refractivity contribution in [2.24, 2.45) is 0 Å². The number of hydrogen-bond donors (Lipinski definition) is 0. The molecule has 0 saturated heterocycles. The van der Waals surface area contributed by atoms with Crippen LogP contribution < -0.4 is 0 Å². The summed E-state index contributed by atoms with van der Waals surface area (Å²) in [6.07, 6.45) is 0. The predicted molar refractivity (Wildman–Crippen MR) is 119 cm³/mol. The van der Waals surface area contributed by atoms with E-state index < -0.39 is 16.1 Å². The van der Waals surface area contributed by atoms with E-state index >= 15 is 0 Å². The Kier molecular flexibility index (Phi) is 14.1. The average Bonchev–Trinajstić information content (AvgIpc) is 2.58. The van der Waals surface area contributed by atoms with Gasteiger partial charge in [-0.3, -0.25) is 0 Å². The molecule has 0 aromatic carbocycles. The maximum atomic E-state index is 2.44. The predicted octanol–water partition coefficient (Wildman–Crippen LogP) is 7.47. The fraction of sp³-hybridized carbons (Fsp3) is 1.00. The Morgan fingerprint density at radius 3 is 0.955 bits per heavy atom. The summed E-state index contributed by atoms with van der Waals surface area (Å²) in [7, 11) is -1.71. The van der Waals surface area contributed by atoms with Crippen molar-refractivity contribution in [1.82, 2.24) is 0 Å². The first-order chi connectivity index (χ1) is 10.6. The average molecular weight is 379 g/mol. The summed E-state index contributed by atoms with van der Waals surface area (Å²) in [4.78, 5) is 0. The molecule has 4 heteroatoms. The zero-order valence-corrected chi connectivity index (χ0v) is 19.9. The Balaban J connectivity index is 3.70. The van der Waals surface area contributed by atoms with Gasteiger partial charge in [0, 0.05) is 11.5 Å². The summed E-state index contributed by atoms with van der Waals surface area (Å²) in [6.45, 7) is 14.6. The van der Waals surface area contributed by atoms with Gasteiger partial charge in [0.1, 0.15) is 0 Å². The number of thioether (sulfide) groups is 2. The molecule has 134 valence electrons. The van der Waals surface area contributed by atoms with Crippen LogP contribution in [0.1, 0.15) is 41.5 Å². The highest BCUT2D eigenvalue weighted by molar-refractivity contribution is 8.03. The summed E-state index contributed by atoms with van der Waals surface area (Å²) >= 11 is 4.45. The Bertz CT molecular complexity index is 209. The van der Waals surface area contributed by atoms with Crippen molar-refractivity contribution < 1.29 is 0 Å². The fourth-order valence-corrected chi connectivity index (χ4v) is 14.6. The minimum Gasteiger partial charge on any atom is -0.161 e. The Morgan fingerprint density at radius 2 is 0.727 bits per heavy atom. The van der Waals surface area contributed by atoms with Gasteiger partial charge in [0.2, 0.25) is 0 Å². The second-order valence-electron chi connectivity index (χ2n) is 6.85. The molecular weight excluding hydrogens is 337 g/mol. The second kappa shape index (κ2) is 13.4. The lowest BCUT2D eigenvalue weighted by atomic mass is 10.9. The van der Waals surface area contributed by atoms with E-state index in [4.69, 9.17) is 0 Å². The minimum atomic E-state index is -0.855. The topological polar surface area (TPSA) is 0 Å². The molecular formula is C18H42S2Si2. The first kappa shape index (κ1) is 23.1. The molecule has 0 aliphatic carbocycles. The minimum absolute atomic E-state index is 0.855. The van der Waals surface area contributed by atoms with Crippen LogP contribution in [-0.4, -0.2) is 39.2 Å². The van der Waals surface area contributed by atoms with Gasteiger partial charge in [0.25, 0.3) is 0 Å². The van der Waals surface area contributed by atoms with Gasteiger partial charge in [0.15, 0.2) is 0 Å². The van der Waals surface area contributed by atoms with Crippen LogP contribution in [0.3, 0.4) is 0 Å². The van der Waals surface area contributed by atoms with E-state index in [1.165, 1.54) is 59.3 Å². The third kappa shape index (κ3) is 8.30. The van der Waals surface area contributed by atoms with E-state index in [9.17, 15) is 0 Å². The summed E-state index contributed by atoms with van der Waals surface area (Å²) in [5, 5.41) is 0. The van der Waals surface area contributed by atoms with Crippen LogP contribution in [0.2, 0.25) is 48.4 Å². The van der Waals surface area contributed by atoms with Crippen molar-refractivity contribution in [3.05, 3.63) is 0 Å². The third-order valence-electron chi connectivity index (χ3n) is 6.43. The quantitative estimate of drug-likeness (QED) is 0.214. The maximum absolute atomic E-state index is 2.44. The lowest BCUT2D eigenvalue weighted by molar-refractivity contribution is 1.12. The molecule has 0 atom stereocenters. The van der Waals surface area contributed by atoms with Crippen LogP contribution in [-0.2, 0) is 0 Å². The molecule has 0 N–H and O–H groups in total. The Morgan fingerprint density at radius 1 is 0.455 bits per heavy atom. The van der Waals surface area contributed by atoms with Gasteiger partial charge in [0.05, 0.1) is 16.1 Å². The van der Waals surface area contributed by atoms with Crippen molar-refractivity contribution >= 4 is 39.7 Å². The molecule has 0 aliphatic heterocycles. The fourth-order valence-electron chi connectivity index (χ4n) is 3.46. The van der Waals surface area contributed by atoms with Crippen LogP contribution in [0.25, 0.3) is 0 Å². The largest absolute Gasteiger partial charge is 0.161 e. The third-order valence-corrected chi connectivity index (χ3v) is 21.0. The molecule has 0 unspecified atom stereocenters. The van der Waals surface area contributed by atoms with Gasteiger partial charge in [-0.25, -0.2) is 0 Å². The lowest BCUT2D eigenvalue weighted by Crippen LogP contribution is -2.31. The van der Waals surface area contributed by atoms with Crippen LogP contribution in [0, 0.1) is 0 Å². The summed E-state index contributed by atoms with van der Waals surface area (Å²) in [5.74, 6) is 5.62. The molecule has 0 fully saturated rings. The van der Waals surface area contributed by atoms with Gasteiger partial charge >= 0.3 is 0 Å². The van der Waals surface area contributed by atoms with E-state index in [0.717, 1.165) is 0 Å². The molecule has 0 aliphatic rings. The summed E-state index contributed by atoms with van der Waals surface area (Å²) in [5.41, 5.74) is 0. The normalized spacial score (nSPS) is 12.8. The van der Waals surface area contributed by atoms with E-state index in [2.05, 4.69) is 65.1 Å². The summed E-state index contributed by atoms with van der Waals surface area (Å²) in [6, 6.07) is 12.1. The van der Waals surface area contributed by atoms with Crippen LogP contribution in [0.4, 0.5) is 0 Å². The van der Waals surface area contributed by atoms with Gasteiger partial charge in [-0.15, -0.1) is 0 Å². The molecule has 22 heavy (non-hydrogen) atoms. The SMILES string of the molecule is CC[Si](CC)(CC)CCSCCSCC[Si](CC)(CC)CC. The molecule has 0 amide bonds. The molecule has 0 rings (SSSR count). The number of hydrogen-bond acceptors (Lipinski definition) is 2. The monoisotopic (exact) mass is 378 g/mol. The smallest absolute Gasteiger partial charge is 0.0535 e. The molecule has 0 heterocycles. The lowest BCUT2D eigenvalue weighted by Gasteiger charge is -2.28. The highest BCUT2D eigenvalue weighted by atomic mass is 32.2. The molecule has 0 aromatic rings. The van der Waals surface area contributed by atoms with Crippen molar-refractivity contribution in [3.8, 4) is 0 Å². The van der Waals surface area contributed by atoms with Crippen molar-refractivity contribution in [1.29, 1.82) is 0 Å². The zero-order chi connectivity index (χ0) is 16.9. The van der Waals surface area contributed by atoms with E-state index in [-0.39, 0.29) is 0 Å². The van der Waals surface area contributed by atoms with Crippen LogP contribution >= 0.6 is 23.5 Å². The first-order valence-electron chi connectivity index (χ1n) is 9.73. The zero-order valence-electron chi connectivity index (χ0n) is 16.3. The molecule has 0 saturated carbocycles. The molecule has 0 nitrogen and oxygen atoms in total. The van der Waals surface area contributed by atoms with Crippen LogP contribution in [0.5, 0.6) is 0 Å². The Labute approximate surface area is 152 Å². The summed E-state index contributed by atoms with van der Waals surface area (Å²) < 4.78 is 0. The second-order valence-corrected chi connectivity index (χ2v) is 20.5. The van der Waals surface area contributed by atoms with Crippen molar-refractivity contribution in [2.75, 3.05) is 23.0 Å². The van der Waals surface area contributed by atoms with Crippen LogP contribution in [0.15, 0.2) is 0 Å². The van der Waals surface area contributed by atoms with Gasteiger partial charge < -0.3 is 0 Å². The van der Waals surface area contributed by atoms with Gasteiger partial charge in [-0.1, -0.05) is 77.8 Å². The Hall–Kier alpha value is 1.13. The maximum Gasteiger partial charge on any atom is 0.0535 e. The van der Waals surface area contributed by atoms with E-state index in [1.54, 1.807) is 12.1 Å².